The van der Waals surface area contributed by atoms with E-state index in [1.54, 1.807) is 0 Å². The molecule has 1 aliphatic rings. The third kappa shape index (κ3) is 3.75. The molecule has 1 saturated heterocycles. The van der Waals surface area contributed by atoms with Crippen LogP contribution in [0.5, 0.6) is 5.88 Å². The number of hydrogen-bond donors (Lipinski definition) is 1. The first kappa shape index (κ1) is 16.9. The second-order valence-electron chi connectivity index (χ2n) is 5.88. The highest BCUT2D eigenvalue weighted by Crippen LogP contribution is 2.29. The van der Waals surface area contributed by atoms with E-state index in [0.717, 1.165) is 0 Å². The van der Waals surface area contributed by atoms with Crippen molar-refractivity contribution in [3.63, 3.8) is 0 Å². The van der Waals surface area contributed by atoms with Crippen molar-refractivity contribution in [3.8, 4) is 17.1 Å². The highest BCUT2D eigenvalue weighted by atomic mass is 35.5. The Morgan fingerprint density at radius 3 is 2.83 bits per heavy atom. The van der Waals surface area contributed by atoms with E-state index in [-0.39, 0.29) is 35.5 Å². The van der Waals surface area contributed by atoms with Crippen LogP contribution in [0.25, 0.3) is 11.3 Å². The lowest BCUT2D eigenvalue weighted by Gasteiger charge is -2.17. The van der Waals surface area contributed by atoms with Crippen LogP contribution in [0.1, 0.15) is 13.8 Å². The van der Waals surface area contributed by atoms with E-state index in [9.17, 15) is 4.39 Å². The fourth-order valence-electron chi connectivity index (χ4n) is 2.35. The van der Waals surface area contributed by atoms with Crippen molar-refractivity contribution >= 4 is 17.3 Å². The van der Waals surface area contributed by atoms with E-state index in [2.05, 4.69) is 10.2 Å². The van der Waals surface area contributed by atoms with Crippen molar-refractivity contribution in [3.05, 3.63) is 35.1 Å². The molecule has 0 saturated carbocycles. The van der Waals surface area contributed by atoms with Gasteiger partial charge in [-0.2, -0.15) is 0 Å². The average Bonchev–Trinajstić information content (AvgIpc) is 2.87. The molecule has 1 fully saturated rings. The van der Waals surface area contributed by atoms with Crippen molar-refractivity contribution in [2.45, 2.75) is 25.7 Å². The quantitative estimate of drug-likeness (QED) is 0.910. The summed E-state index contributed by atoms with van der Waals surface area (Å²) in [5.74, 6) is -0.922. The molecule has 2 N–H and O–H groups in total. The van der Waals surface area contributed by atoms with Gasteiger partial charge >= 0.3 is 0 Å². The summed E-state index contributed by atoms with van der Waals surface area (Å²) in [6, 6.07) is 5.68. The summed E-state index contributed by atoms with van der Waals surface area (Å²) in [4.78, 5) is 0. The van der Waals surface area contributed by atoms with Gasteiger partial charge in [-0.15, -0.1) is 10.2 Å². The van der Waals surface area contributed by atoms with Crippen molar-refractivity contribution < 1.29 is 18.6 Å². The number of anilines is 1. The Balaban J connectivity index is 1.72. The SMILES string of the molecule is CC1(C)OCC(COc2nnc(-c3cc(Cl)ccc3F)cc2N)O1. The lowest BCUT2D eigenvalue weighted by molar-refractivity contribution is -0.141. The van der Waals surface area contributed by atoms with Crippen molar-refractivity contribution in [1.29, 1.82) is 0 Å². The second-order valence-corrected chi connectivity index (χ2v) is 6.31. The predicted molar refractivity (Wildman–Crippen MR) is 87.2 cm³/mol. The van der Waals surface area contributed by atoms with E-state index in [1.807, 2.05) is 13.8 Å². The van der Waals surface area contributed by atoms with Crippen molar-refractivity contribution in [2.24, 2.45) is 0 Å². The first-order valence-electron chi connectivity index (χ1n) is 7.37. The summed E-state index contributed by atoms with van der Waals surface area (Å²) in [7, 11) is 0. The Labute approximate surface area is 143 Å². The first-order chi connectivity index (χ1) is 11.3. The number of nitrogens with two attached hydrogens (primary N) is 1. The molecule has 0 aliphatic carbocycles. The Kier molecular flexibility index (Phi) is 4.58. The maximum absolute atomic E-state index is 13.9. The maximum Gasteiger partial charge on any atom is 0.257 e. The minimum Gasteiger partial charge on any atom is -0.472 e. The monoisotopic (exact) mass is 353 g/mol. The molecule has 0 radical (unpaired) electrons. The molecule has 24 heavy (non-hydrogen) atoms. The Morgan fingerprint density at radius 2 is 2.17 bits per heavy atom. The van der Waals surface area contributed by atoms with Crippen LogP contribution in [-0.2, 0) is 9.47 Å². The second kappa shape index (κ2) is 6.51. The highest BCUT2D eigenvalue weighted by Gasteiger charge is 2.33. The van der Waals surface area contributed by atoms with Crippen molar-refractivity contribution in [2.75, 3.05) is 18.9 Å². The van der Waals surface area contributed by atoms with Gasteiger partial charge in [0.25, 0.3) is 5.88 Å². The van der Waals surface area contributed by atoms with Crippen LogP contribution >= 0.6 is 11.6 Å². The van der Waals surface area contributed by atoms with Crippen LogP contribution in [-0.4, -0.2) is 35.3 Å². The largest absolute Gasteiger partial charge is 0.472 e. The molecule has 1 aliphatic heterocycles. The zero-order chi connectivity index (χ0) is 17.3. The molecule has 0 bridgehead atoms. The van der Waals surface area contributed by atoms with E-state index >= 15 is 0 Å². The third-order valence-corrected chi connectivity index (χ3v) is 3.70. The van der Waals surface area contributed by atoms with Gasteiger partial charge in [0.15, 0.2) is 5.79 Å². The molecule has 1 aromatic carbocycles. The number of benzene rings is 1. The van der Waals surface area contributed by atoms with Crippen LogP contribution in [0.15, 0.2) is 24.3 Å². The standard InChI is InChI=1S/C16H17ClFN3O3/c1-16(2)23-8-10(24-16)7-22-15-13(19)6-14(20-21-15)11-5-9(17)3-4-12(11)18/h3-6,10H,7-8H2,1-2H3,(H2,19,20). The molecule has 6 nitrogen and oxygen atoms in total. The van der Waals surface area contributed by atoms with Gasteiger partial charge < -0.3 is 19.9 Å². The molecule has 1 atom stereocenters. The lowest BCUT2D eigenvalue weighted by atomic mass is 10.1. The molecule has 1 unspecified atom stereocenters. The Morgan fingerprint density at radius 1 is 1.38 bits per heavy atom. The lowest BCUT2D eigenvalue weighted by Crippen LogP contribution is -2.25. The van der Waals surface area contributed by atoms with Crippen LogP contribution < -0.4 is 10.5 Å². The van der Waals surface area contributed by atoms with Crippen LogP contribution in [0.4, 0.5) is 10.1 Å². The summed E-state index contributed by atoms with van der Waals surface area (Å²) in [5, 5.41) is 8.28. The molecule has 3 rings (SSSR count). The van der Waals surface area contributed by atoms with Gasteiger partial charge in [0, 0.05) is 10.6 Å². The number of halogens is 2. The minimum atomic E-state index is -0.626. The molecule has 0 amide bonds. The van der Waals surface area contributed by atoms with Gasteiger partial charge in [-0.25, -0.2) is 4.39 Å². The molecule has 2 heterocycles. The maximum atomic E-state index is 13.9. The van der Waals surface area contributed by atoms with Gasteiger partial charge in [-0.1, -0.05) is 11.6 Å². The molecule has 8 heteroatoms. The number of ether oxygens (including phenoxy) is 3. The fourth-order valence-corrected chi connectivity index (χ4v) is 2.52. The van der Waals surface area contributed by atoms with Crippen LogP contribution in [0.3, 0.4) is 0 Å². The number of rotatable bonds is 4. The zero-order valence-corrected chi connectivity index (χ0v) is 14.0. The van der Waals surface area contributed by atoms with Gasteiger partial charge in [0.05, 0.1) is 18.0 Å². The predicted octanol–water partition coefficient (Wildman–Crippen LogP) is 3.05. The number of nitrogen functional groups attached to an aromatic ring is 1. The summed E-state index contributed by atoms with van der Waals surface area (Å²) in [6.45, 7) is 4.31. The van der Waals surface area contributed by atoms with E-state index in [1.165, 1.54) is 24.3 Å². The van der Waals surface area contributed by atoms with Crippen LogP contribution in [0.2, 0.25) is 5.02 Å². The van der Waals surface area contributed by atoms with E-state index in [4.69, 9.17) is 31.5 Å². The van der Waals surface area contributed by atoms with E-state index in [0.29, 0.717) is 11.6 Å². The van der Waals surface area contributed by atoms with Gasteiger partial charge in [-0.05, 0) is 38.1 Å². The molecule has 1 aromatic heterocycles. The Hall–Kier alpha value is -1.96. The summed E-state index contributed by atoms with van der Waals surface area (Å²) in [6.07, 6.45) is -0.216. The number of hydrogen-bond acceptors (Lipinski definition) is 6. The average molecular weight is 354 g/mol. The Bertz CT molecular complexity index is 757. The molecule has 2 aromatic rings. The number of nitrogens with zero attached hydrogens (tertiary/aromatic N) is 2. The third-order valence-electron chi connectivity index (χ3n) is 3.47. The molecular weight excluding hydrogens is 337 g/mol. The van der Waals surface area contributed by atoms with Gasteiger partial charge in [0.1, 0.15) is 18.5 Å². The van der Waals surface area contributed by atoms with Crippen LogP contribution in [0, 0.1) is 5.82 Å². The summed E-state index contributed by atoms with van der Waals surface area (Å²) in [5.41, 5.74) is 6.68. The fraction of sp³-hybridized carbons (Fsp3) is 0.375. The smallest absolute Gasteiger partial charge is 0.257 e. The van der Waals surface area contributed by atoms with Crippen molar-refractivity contribution in [1.82, 2.24) is 10.2 Å². The topological polar surface area (TPSA) is 79.5 Å². The highest BCUT2D eigenvalue weighted by molar-refractivity contribution is 6.30. The molecule has 128 valence electrons. The number of aromatic nitrogens is 2. The summed E-state index contributed by atoms with van der Waals surface area (Å²) < 4.78 is 30.5. The van der Waals surface area contributed by atoms with E-state index < -0.39 is 11.6 Å². The summed E-state index contributed by atoms with van der Waals surface area (Å²) >= 11 is 5.89. The van der Waals surface area contributed by atoms with Gasteiger partial charge in [-0.3, -0.25) is 0 Å². The minimum absolute atomic E-state index is 0.162. The molecule has 0 spiro atoms. The first-order valence-corrected chi connectivity index (χ1v) is 7.75. The normalized spacial score (nSPS) is 19.4. The zero-order valence-electron chi connectivity index (χ0n) is 13.3. The molecular formula is C16H17ClFN3O3. The van der Waals surface area contributed by atoms with Gasteiger partial charge in [0.2, 0.25) is 0 Å².